The zero-order valence-electron chi connectivity index (χ0n) is 22.0. The number of halogens is 1. The second-order valence-corrected chi connectivity index (χ2v) is 10.8. The largest absolute Gasteiger partial charge is 0.491 e. The highest BCUT2D eigenvalue weighted by molar-refractivity contribution is 5.83. The Bertz CT molecular complexity index is 1280. The fourth-order valence-corrected chi connectivity index (χ4v) is 5.42. The first kappa shape index (κ1) is 25.7. The van der Waals surface area contributed by atoms with Gasteiger partial charge >= 0.3 is 0 Å². The highest BCUT2D eigenvalue weighted by Gasteiger charge is 2.30. The Morgan fingerprint density at radius 3 is 2.73 bits per heavy atom. The van der Waals surface area contributed by atoms with Crippen LogP contribution in [-0.2, 0) is 4.74 Å². The van der Waals surface area contributed by atoms with E-state index in [-0.39, 0.29) is 22.9 Å². The van der Waals surface area contributed by atoms with Gasteiger partial charge in [-0.15, -0.1) is 0 Å². The summed E-state index contributed by atoms with van der Waals surface area (Å²) in [6, 6.07) is 12.5. The summed E-state index contributed by atoms with van der Waals surface area (Å²) in [5.74, 6) is 0.421. The van der Waals surface area contributed by atoms with E-state index in [2.05, 4.69) is 24.1 Å². The van der Waals surface area contributed by atoms with E-state index >= 15 is 4.39 Å². The number of hydrogen-bond acceptors (Lipinski definition) is 5. The Hall–Kier alpha value is -2.90. The third-order valence-corrected chi connectivity index (χ3v) is 7.83. The van der Waals surface area contributed by atoms with Crippen LogP contribution >= 0.6 is 0 Å². The van der Waals surface area contributed by atoms with Crippen LogP contribution in [0.15, 0.2) is 53.5 Å². The monoisotopic (exact) mass is 507 g/mol. The number of aromatic nitrogens is 1. The molecular weight excluding hydrogens is 469 g/mol. The number of benzene rings is 2. The molecule has 0 aliphatic carbocycles. The number of ether oxygens (including phenoxy) is 2. The average molecular weight is 508 g/mol. The van der Waals surface area contributed by atoms with Crippen LogP contribution in [-0.4, -0.2) is 50.1 Å². The SMILES string of the molecule is CCCNCC1(C)CCN(c2ccc(-n3ccc4cc(OC[C@H]5CCCO5)ccc4c3=O)cc2F)CC1. The number of fused-ring (bicyclic) bond motifs is 1. The average Bonchev–Trinajstić information content (AvgIpc) is 3.42. The van der Waals surface area contributed by atoms with Gasteiger partial charge in [0.25, 0.3) is 5.56 Å². The second kappa shape index (κ2) is 11.2. The minimum absolute atomic E-state index is 0.138. The first-order valence-electron chi connectivity index (χ1n) is 13.6. The summed E-state index contributed by atoms with van der Waals surface area (Å²) in [5, 5.41) is 4.91. The number of nitrogens with zero attached hydrogens (tertiary/aromatic N) is 2. The van der Waals surface area contributed by atoms with Crippen molar-refractivity contribution in [3.8, 4) is 11.4 Å². The van der Waals surface area contributed by atoms with Crippen LogP contribution in [0.25, 0.3) is 16.5 Å². The molecule has 1 N–H and O–H groups in total. The van der Waals surface area contributed by atoms with Gasteiger partial charge in [-0.1, -0.05) is 13.8 Å². The van der Waals surface area contributed by atoms with E-state index in [0.717, 1.165) is 70.3 Å². The van der Waals surface area contributed by atoms with Crippen molar-refractivity contribution in [3.05, 3.63) is 64.8 Å². The molecule has 2 aromatic carbocycles. The Morgan fingerprint density at radius 2 is 2.00 bits per heavy atom. The highest BCUT2D eigenvalue weighted by Crippen LogP contribution is 2.34. The van der Waals surface area contributed by atoms with Crippen molar-refractivity contribution in [3.63, 3.8) is 0 Å². The molecule has 2 saturated heterocycles. The van der Waals surface area contributed by atoms with Crippen molar-refractivity contribution in [2.45, 2.75) is 52.1 Å². The van der Waals surface area contributed by atoms with Crippen molar-refractivity contribution in [1.29, 1.82) is 0 Å². The summed E-state index contributed by atoms with van der Waals surface area (Å²) < 4.78 is 28.3. The molecule has 3 heterocycles. The highest BCUT2D eigenvalue weighted by atomic mass is 19.1. The molecule has 6 nitrogen and oxygen atoms in total. The van der Waals surface area contributed by atoms with Crippen molar-refractivity contribution < 1.29 is 13.9 Å². The maximum atomic E-state index is 15.3. The van der Waals surface area contributed by atoms with Gasteiger partial charge < -0.3 is 19.7 Å². The molecule has 2 aliphatic heterocycles. The van der Waals surface area contributed by atoms with Crippen molar-refractivity contribution >= 4 is 16.5 Å². The van der Waals surface area contributed by atoms with Gasteiger partial charge in [0.1, 0.15) is 18.2 Å². The molecule has 0 radical (unpaired) electrons. The maximum Gasteiger partial charge on any atom is 0.262 e. The van der Waals surface area contributed by atoms with E-state index in [9.17, 15) is 4.79 Å². The summed E-state index contributed by atoms with van der Waals surface area (Å²) in [4.78, 5) is 15.4. The Kier molecular flexibility index (Phi) is 7.81. The van der Waals surface area contributed by atoms with Crippen LogP contribution < -0.4 is 20.5 Å². The molecule has 37 heavy (non-hydrogen) atoms. The van der Waals surface area contributed by atoms with Crippen molar-refractivity contribution in [2.75, 3.05) is 44.3 Å². The van der Waals surface area contributed by atoms with Gasteiger partial charge in [0.05, 0.1) is 17.5 Å². The number of pyridine rings is 1. The normalized spacial score (nSPS) is 19.4. The van der Waals surface area contributed by atoms with E-state index in [1.165, 1.54) is 10.6 Å². The Morgan fingerprint density at radius 1 is 1.16 bits per heavy atom. The van der Waals surface area contributed by atoms with Crippen LogP contribution in [0.5, 0.6) is 5.75 Å². The molecule has 0 unspecified atom stereocenters. The first-order valence-corrected chi connectivity index (χ1v) is 13.6. The van der Waals surface area contributed by atoms with Gasteiger partial charge in [0, 0.05) is 43.9 Å². The first-order chi connectivity index (χ1) is 18.0. The van der Waals surface area contributed by atoms with Crippen LogP contribution in [0.1, 0.15) is 46.0 Å². The quantitative estimate of drug-likeness (QED) is 0.399. The predicted molar refractivity (Wildman–Crippen MR) is 147 cm³/mol. The van der Waals surface area contributed by atoms with Gasteiger partial charge in [-0.3, -0.25) is 9.36 Å². The third kappa shape index (κ3) is 5.83. The molecule has 0 spiro atoms. The van der Waals surface area contributed by atoms with Gasteiger partial charge in [-0.25, -0.2) is 4.39 Å². The van der Waals surface area contributed by atoms with E-state index in [0.29, 0.717) is 29.1 Å². The molecule has 198 valence electrons. The molecule has 2 aliphatic rings. The van der Waals surface area contributed by atoms with E-state index < -0.39 is 0 Å². The van der Waals surface area contributed by atoms with Gasteiger partial charge in [0.15, 0.2) is 0 Å². The molecular formula is C30H38FN3O3. The lowest BCUT2D eigenvalue weighted by Gasteiger charge is -2.40. The molecule has 1 aromatic heterocycles. The van der Waals surface area contributed by atoms with Gasteiger partial charge in [-0.05, 0) is 85.8 Å². The molecule has 7 heteroatoms. The van der Waals surface area contributed by atoms with Crippen molar-refractivity contribution in [2.24, 2.45) is 5.41 Å². The third-order valence-electron chi connectivity index (χ3n) is 7.83. The van der Waals surface area contributed by atoms with E-state index in [1.807, 2.05) is 24.3 Å². The predicted octanol–water partition coefficient (Wildman–Crippen LogP) is 5.29. The maximum absolute atomic E-state index is 15.3. The lowest BCUT2D eigenvalue weighted by molar-refractivity contribution is 0.0680. The zero-order chi connectivity index (χ0) is 25.8. The van der Waals surface area contributed by atoms with Crippen molar-refractivity contribution in [1.82, 2.24) is 9.88 Å². The van der Waals surface area contributed by atoms with Crippen LogP contribution in [0.2, 0.25) is 0 Å². The van der Waals surface area contributed by atoms with Gasteiger partial charge in [-0.2, -0.15) is 0 Å². The van der Waals surface area contributed by atoms with E-state index in [1.54, 1.807) is 18.3 Å². The summed E-state index contributed by atoms with van der Waals surface area (Å²) in [6.07, 6.45) is 7.11. The topological polar surface area (TPSA) is 55.7 Å². The molecule has 1 atom stereocenters. The molecule has 3 aromatic rings. The molecule has 0 bridgehead atoms. The van der Waals surface area contributed by atoms with Gasteiger partial charge in [0.2, 0.25) is 0 Å². The fourth-order valence-electron chi connectivity index (χ4n) is 5.42. The zero-order valence-corrected chi connectivity index (χ0v) is 22.0. The molecule has 0 saturated carbocycles. The number of piperidine rings is 1. The molecule has 2 fully saturated rings. The Balaban J connectivity index is 1.28. The minimum atomic E-state index is -0.296. The summed E-state index contributed by atoms with van der Waals surface area (Å²) >= 11 is 0. The Labute approximate surface area is 218 Å². The molecule has 0 amide bonds. The lowest BCUT2D eigenvalue weighted by Crippen LogP contribution is -2.44. The number of nitrogens with one attached hydrogen (secondary N) is 1. The molecule has 5 rings (SSSR count). The number of rotatable bonds is 9. The standard InChI is InChI=1S/C30H38FN3O3/c1-3-13-32-21-30(2)11-15-33(16-12-30)28-9-6-23(19-27(28)31)34-14-10-22-18-24(7-8-26(22)29(34)35)37-20-25-5-4-17-36-25/h6-10,14,18-19,25,32H,3-5,11-13,15-17,20-21H2,1-2H3/t25-/m1/s1. The number of anilines is 1. The summed E-state index contributed by atoms with van der Waals surface area (Å²) in [5.41, 5.74) is 1.20. The van der Waals surface area contributed by atoms with E-state index in [4.69, 9.17) is 9.47 Å². The van der Waals surface area contributed by atoms with Crippen LogP contribution in [0.4, 0.5) is 10.1 Å². The second-order valence-electron chi connectivity index (χ2n) is 10.8. The lowest BCUT2D eigenvalue weighted by atomic mass is 9.80. The summed E-state index contributed by atoms with van der Waals surface area (Å²) in [6.45, 7) is 9.49. The van der Waals surface area contributed by atoms with Crippen LogP contribution in [0, 0.1) is 11.2 Å². The number of hydrogen-bond donors (Lipinski definition) is 1. The smallest absolute Gasteiger partial charge is 0.262 e. The summed E-state index contributed by atoms with van der Waals surface area (Å²) in [7, 11) is 0. The van der Waals surface area contributed by atoms with Crippen LogP contribution in [0.3, 0.4) is 0 Å². The minimum Gasteiger partial charge on any atom is -0.491 e. The fraction of sp³-hybridized carbons (Fsp3) is 0.500.